The van der Waals surface area contributed by atoms with E-state index in [9.17, 15) is 71.5 Å². The average Bonchev–Trinajstić information content (AvgIpc) is 3.21. The Kier molecular flexibility index (Phi) is 9.35. The van der Waals surface area contributed by atoms with Crippen molar-refractivity contribution in [2.75, 3.05) is 0 Å². The number of hydrogen-bond donors (Lipinski definition) is 14. The van der Waals surface area contributed by atoms with Crippen molar-refractivity contribution in [1.82, 2.24) is 0 Å². The molecule has 0 amide bonds. The SMILES string of the molecule is Oc1ccc([C@H]2Oc3cc(O)cc(O)c3[C@H](c3c(O)cc(O)c4c3O[C@H](c3ccc(O)c(O)c3)[C@H](O)[C@H]4c3c(O)cc(O)c4c3O[C@H](c3ccc(O)c(O)c3)[C@H](O)C4)[C@H]2O)cc1. The summed E-state index contributed by atoms with van der Waals surface area (Å²) in [6.45, 7) is 0. The van der Waals surface area contributed by atoms with E-state index in [2.05, 4.69) is 0 Å². The molecule has 0 fully saturated rings. The predicted molar refractivity (Wildman–Crippen MR) is 212 cm³/mol. The van der Waals surface area contributed by atoms with Gasteiger partial charge >= 0.3 is 0 Å². The second-order valence-corrected chi connectivity index (χ2v) is 15.5. The molecule has 6 aromatic carbocycles. The number of ether oxygens (including phenoxy) is 3. The smallest absolute Gasteiger partial charge is 0.157 e. The molecule has 3 heterocycles. The van der Waals surface area contributed by atoms with Gasteiger partial charge in [-0.1, -0.05) is 24.3 Å². The third-order valence-corrected chi connectivity index (χ3v) is 11.7. The summed E-state index contributed by atoms with van der Waals surface area (Å²) < 4.78 is 19.0. The molecule has 17 nitrogen and oxygen atoms in total. The highest BCUT2D eigenvalue weighted by atomic mass is 16.5. The topological polar surface area (TPSA) is 311 Å². The Morgan fingerprint density at radius 2 is 0.839 bits per heavy atom. The number of aromatic hydroxyl groups is 11. The average molecular weight is 851 g/mol. The van der Waals surface area contributed by atoms with Gasteiger partial charge in [-0.2, -0.15) is 0 Å². The highest BCUT2D eigenvalue weighted by molar-refractivity contribution is 5.70. The van der Waals surface area contributed by atoms with E-state index in [-0.39, 0.29) is 62.6 Å². The number of aliphatic hydroxyl groups is 3. The van der Waals surface area contributed by atoms with Crippen LogP contribution in [0.4, 0.5) is 0 Å². The van der Waals surface area contributed by atoms with Gasteiger partial charge in [-0.15, -0.1) is 0 Å². The minimum atomic E-state index is -1.87. The Hall–Kier alpha value is -7.60. The molecule has 320 valence electrons. The van der Waals surface area contributed by atoms with Gasteiger partial charge in [0.25, 0.3) is 0 Å². The number of benzene rings is 6. The summed E-state index contributed by atoms with van der Waals surface area (Å²) in [6, 6.07) is 16.7. The van der Waals surface area contributed by atoms with E-state index in [1.165, 1.54) is 36.4 Å². The third-order valence-electron chi connectivity index (χ3n) is 11.7. The minimum absolute atomic E-state index is 0.0146. The molecule has 6 aromatic rings. The molecule has 3 aliphatic heterocycles. The lowest BCUT2D eigenvalue weighted by Gasteiger charge is -2.43. The zero-order valence-corrected chi connectivity index (χ0v) is 31.9. The molecule has 0 saturated heterocycles. The first kappa shape index (κ1) is 39.8. The third kappa shape index (κ3) is 6.29. The monoisotopic (exact) mass is 850 g/mol. The van der Waals surface area contributed by atoms with Crippen LogP contribution in [0.25, 0.3) is 0 Å². The summed E-state index contributed by atoms with van der Waals surface area (Å²) in [7, 11) is 0. The molecule has 0 aliphatic carbocycles. The molecular weight excluding hydrogens is 812 g/mol. The van der Waals surface area contributed by atoms with Crippen molar-refractivity contribution in [3.8, 4) is 80.5 Å². The zero-order chi connectivity index (χ0) is 44.0. The van der Waals surface area contributed by atoms with E-state index < -0.39 is 112 Å². The zero-order valence-electron chi connectivity index (χ0n) is 31.9. The van der Waals surface area contributed by atoms with Gasteiger partial charge in [-0.25, -0.2) is 0 Å². The summed E-state index contributed by atoms with van der Waals surface area (Å²) >= 11 is 0. The summed E-state index contributed by atoms with van der Waals surface area (Å²) in [5.41, 5.74) is -0.610. The Morgan fingerprint density at radius 3 is 1.42 bits per heavy atom. The molecule has 62 heavy (non-hydrogen) atoms. The summed E-state index contributed by atoms with van der Waals surface area (Å²) in [5, 5.41) is 156. The van der Waals surface area contributed by atoms with Crippen molar-refractivity contribution in [2.45, 2.75) is 54.9 Å². The predicted octanol–water partition coefficient (Wildman–Crippen LogP) is 4.74. The maximum atomic E-state index is 12.5. The summed E-state index contributed by atoms with van der Waals surface area (Å²) in [4.78, 5) is 0. The molecule has 14 N–H and O–H groups in total. The van der Waals surface area contributed by atoms with E-state index >= 15 is 0 Å². The fourth-order valence-corrected chi connectivity index (χ4v) is 8.89. The maximum Gasteiger partial charge on any atom is 0.157 e. The van der Waals surface area contributed by atoms with Crippen LogP contribution in [0.1, 0.15) is 74.7 Å². The first-order valence-corrected chi connectivity index (χ1v) is 19.1. The van der Waals surface area contributed by atoms with Crippen molar-refractivity contribution in [3.63, 3.8) is 0 Å². The van der Waals surface area contributed by atoms with Crippen LogP contribution in [0.15, 0.2) is 84.9 Å². The van der Waals surface area contributed by atoms with Crippen molar-refractivity contribution >= 4 is 0 Å². The lowest BCUT2D eigenvalue weighted by Crippen LogP contribution is -2.39. The van der Waals surface area contributed by atoms with Crippen LogP contribution in [0.5, 0.6) is 80.5 Å². The first-order valence-electron chi connectivity index (χ1n) is 19.1. The van der Waals surface area contributed by atoms with Crippen molar-refractivity contribution in [2.24, 2.45) is 0 Å². The quantitative estimate of drug-likeness (QED) is 0.104. The molecule has 3 aliphatic rings. The lowest BCUT2D eigenvalue weighted by molar-refractivity contribution is -0.00559. The Balaban J connectivity index is 1.31. The van der Waals surface area contributed by atoms with Gasteiger partial charge in [-0.05, 0) is 53.1 Å². The standard InChI is InChI=1S/C45H38O17/c46-19-5-1-16(2-6-19)42-39(58)37(33-27(53)11-20(47)12-32(33)60-42)35-29(55)15-30(56)36-38(40(59)43(62-45(35)36)18-4-8-23(49)26(52)10-18)34-28(54)14-24(50)21-13-31(57)41(61-44(21)34)17-3-7-22(48)25(51)9-17/h1-12,14-15,31,37-43,46-59H,13H2/t31-,37-,38+,39-,40-,41-,42-,43-/m1/s1. The van der Waals surface area contributed by atoms with Gasteiger partial charge in [0.05, 0.1) is 17.9 Å². The van der Waals surface area contributed by atoms with Gasteiger partial charge in [0.15, 0.2) is 35.2 Å². The van der Waals surface area contributed by atoms with Gasteiger partial charge < -0.3 is 85.7 Å². The second-order valence-electron chi connectivity index (χ2n) is 15.5. The first-order chi connectivity index (χ1) is 29.5. The molecule has 9 rings (SSSR count). The number of hydrogen-bond acceptors (Lipinski definition) is 17. The van der Waals surface area contributed by atoms with Crippen LogP contribution in [-0.4, -0.2) is 89.8 Å². The van der Waals surface area contributed by atoms with Crippen LogP contribution >= 0.6 is 0 Å². The second kappa shape index (κ2) is 14.5. The minimum Gasteiger partial charge on any atom is -0.508 e. The van der Waals surface area contributed by atoms with Crippen LogP contribution in [0, 0.1) is 0 Å². The van der Waals surface area contributed by atoms with E-state index in [4.69, 9.17) is 14.2 Å². The molecular formula is C45H38O17. The lowest BCUT2D eigenvalue weighted by atomic mass is 9.73. The molecule has 0 spiro atoms. The molecule has 0 bridgehead atoms. The Labute approximate surface area is 349 Å². The normalized spacial score (nSPS) is 23.8. The van der Waals surface area contributed by atoms with Gasteiger partial charge in [-0.3, -0.25) is 0 Å². The van der Waals surface area contributed by atoms with Crippen molar-refractivity contribution < 1.29 is 85.7 Å². The molecule has 0 aromatic heterocycles. The number of phenols is 11. The maximum absolute atomic E-state index is 12.5. The number of phenolic OH excluding ortho intramolecular Hbond substituents is 11. The van der Waals surface area contributed by atoms with Crippen molar-refractivity contribution in [3.05, 3.63) is 129 Å². The Bertz CT molecular complexity index is 2770. The van der Waals surface area contributed by atoms with Gasteiger partial charge in [0.1, 0.15) is 75.8 Å². The van der Waals surface area contributed by atoms with E-state index in [1.807, 2.05) is 0 Å². The molecule has 0 saturated carbocycles. The van der Waals surface area contributed by atoms with E-state index in [0.717, 1.165) is 48.5 Å². The van der Waals surface area contributed by atoms with Crippen LogP contribution in [-0.2, 0) is 6.42 Å². The number of fused-ring (bicyclic) bond motifs is 3. The number of aliphatic hydroxyl groups excluding tert-OH is 3. The molecule has 17 heteroatoms. The highest BCUT2D eigenvalue weighted by Crippen LogP contribution is 2.62. The van der Waals surface area contributed by atoms with Gasteiger partial charge in [0, 0.05) is 58.5 Å². The molecule has 0 radical (unpaired) electrons. The molecule has 0 unspecified atom stereocenters. The van der Waals surface area contributed by atoms with Crippen LogP contribution in [0.3, 0.4) is 0 Å². The van der Waals surface area contributed by atoms with E-state index in [0.29, 0.717) is 5.56 Å². The fraction of sp³-hybridized carbons (Fsp3) is 0.200. The van der Waals surface area contributed by atoms with E-state index in [1.54, 1.807) is 0 Å². The summed E-state index contributed by atoms with van der Waals surface area (Å²) in [5.74, 6) is -9.99. The highest BCUT2D eigenvalue weighted by Gasteiger charge is 2.50. The number of rotatable bonds is 5. The summed E-state index contributed by atoms with van der Waals surface area (Å²) in [6.07, 6.45) is -9.53. The fourth-order valence-electron chi connectivity index (χ4n) is 8.89. The van der Waals surface area contributed by atoms with Gasteiger partial charge in [0.2, 0.25) is 0 Å². The largest absolute Gasteiger partial charge is 0.508 e. The van der Waals surface area contributed by atoms with Crippen molar-refractivity contribution in [1.29, 1.82) is 0 Å². The van der Waals surface area contributed by atoms with Crippen LogP contribution < -0.4 is 14.2 Å². The Morgan fingerprint density at radius 1 is 0.371 bits per heavy atom. The molecule has 8 atom stereocenters. The van der Waals surface area contributed by atoms with Crippen LogP contribution in [0.2, 0.25) is 0 Å².